The number of nitrogens with zero attached hydrogens (tertiary/aromatic N) is 2. The second-order valence-electron chi connectivity index (χ2n) is 6.20. The third-order valence-electron chi connectivity index (χ3n) is 4.48. The zero-order valence-electron chi connectivity index (χ0n) is 14.7. The molecule has 0 bridgehead atoms. The molecule has 0 saturated carbocycles. The van der Waals surface area contributed by atoms with Gasteiger partial charge in [-0.3, -0.25) is 4.68 Å². The zero-order valence-corrected chi connectivity index (χ0v) is 16.2. The number of hydrogen-bond acceptors (Lipinski definition) is 2. The first kappa shape index (κ1) is 18.9. The van der Waals surface area contributed by atoms with E-state index in [0.29, 0.717) is 35.2 Å². The van der Waals surface area contributed by atoms with Crippen molar-refractivity contribution in [1.29, 1.82) is 0 Å². The van der Waals surface area contributed by atoms with Crippen LogP contribution in [0.5, 0.6) is 0 Å². The van der Waals surface area contributed by atoms with Crippen LogP contribution in [0.1, 0.15) is 28.1 Å². The average molecular weight is 392 g/mol. The second kappa shape index (κ2) is 8.21. The Balaban J connectivity index is 1.73. The average Bonchev–Trinajstić information content (AvgIpc) is 2.87. The predicted octanol–water partition coefficient (Wildman–Crippen LogP) is 5.28. The van der Waals surface area contributed by atoms with Gasteiger partial charge in [-0.1, -0.05) is 47.5 Å². The molecule has 3 rings (SSSR count). The first-order chi connectivity index (χ1) is 12.5. The number of rotatable bonds is 6. The predicted molar refractivity (Wildman–Crippen MR) is 104 cm³/mol. The largest absolute Gasteiger partial charge is 0.308 e. The maximum Gasteiger partial charge on any atom is 0.127 e. The van der Waals surface area contributed by atoms with Gasteiger partial charge >= 0.3 is 0 Å². The van der Waals surface area contributed by atoms with Crippen molar-refractivity contribution in [3.63, 3.8) is 0 Å². The molecule has 3 nitrogen and oxygen atoms in total. The SMILES string of the molecule is Cc1nn(Cc2c(Cl)cccc2Cl)c(C)c1CNCc1ccccc1F. The highest BCUT2D eigenvalue weighted by molar-refractivity contribution is 6.35. The molecule has 0 spiro atoms. The lowest BCUT2D eigenvalue weighted by molar-refractivity contribution is 0.587. The van der Waals surface area contributed by atoms with Crippen molar-refractivity contribution in [2.75, 3.05) is 0 Å². The summed E-state index contributed by atoms with van der Waals surface area (Å²) in [6.45, 7) is 5.58. The molecule has 0 atom stereocenters. The van der Waals surface area contributed by atoms with E-state index in [0.717, 1.165) is 22.5 Å². The van der Waals surface area contributed by atoms with Gasteiger partial charge in [0.2, 0.25) is 0 Å². The molecule has 1 aromatic heterocycles. The van der Waals surface area contributed by atoms with E-state index in [1.54, 1.807) is 12.1 Å². The molecule has 6 heteroatoms. The Hall–Kier alpha value is -1.88. The van der Waals surface area contributed by atoms with Crippen LogP contribution in [0.25, 0.3) is 0 Å². The maximum atomic E-state index is 13.7. The summed E-state index contributed by atoms with van der Waals surface area (Å²) in [5, 5.41) is 9.17. The summed E-state index contributed by atoms with van der Waals surface area (Å²) in [6, 6.07) is 12.3. The summed E-state index contributed by atoms with van der Waals surface area (Å²) >= 11 is 12.5. The lowest BCUT2D eigenvalue weighted by Crippen LogP contribution is -2.15. The normalized spacial score (nSPS) is 11.1. The third kappa shape index (κ3) is 4.09. The van der Waals surface area contributed by atoms with E-state index < -0.39 is 0 Å². The number of benzene rings is 2. The summed E-state index contributed by atoms with van der Waals surface area (Å²) in [4.78, 5) is 0. The van der Waals surface area contributed by atoms with Gasteiger partial charge in [0.1, 0.15) is 5.82 Å². The monoisotopic (exact) mass is 391 g/mol. The van der Waals surface area contributed by atoms with Crippen LogP contribution in [-0.4, -0.2) is 9.78 Å². The maximum absolute atomic E-state index is 13.7. The second-order valence-corrected chi connectivity index (χ2v) is 7.02. The fourth-order valence-electron chi connectivity index (χ4n) is 2.94. The van der Waals surface area contributed by atoms with Crippen molar-refractivity contribution in [2.45, 2.75) is 33.5 Å². The van der Waals surface area contributed by atoms with Crippen molar-refractivity contribution < 1.29 is 4.39 Å². The van der Waals surface area contributed by atoms with E-state index >= 15 is 0 Å². The van der Waals surface area contributed by atoms with Crippen molar-refractivity contribution in [3.05, 3.63) is 86.4 Å². The lowest BCUT2D eigenvalue weighted by atomic mass is 10.1. The van der Waals surface area contributed by atoms with E-state index in [4.69, 9.17) is 23.2 Å². The quantitative estimate of drug-likeness (QED) is 0.618. The molecule has 1 heterocycles. The first-order valence-corrected chi connectivity index (χ1v) is 9.13. The smallest absolute Gasteiger partial charge is 0.127 e. The van der Waals surface area contributed by atoms with Crippen LogP contribution in [0.4, 0.5) is 4.39 Å². The van der Waals surface area contributed by atoms with Gasteiger partial charge in [0, 0.05) is 45.5 Å². The summed E-state index contributed by atoms with van der Waals surface area (Å²) in [5.41, 5.74) is 4.58. The summed E-state index contributed by atoms with van der Waals surface area (Å²) in [5.74, 6) is -0.197. The van der Waals surface area contributed by atoms with Crippen LogP contribution in [0.2, 0.25) is 10.0 Å². The van der Waals surface area contributed by atoms with Gasteiger partial charge < -0.3 is 5.32 Å². The molecular formula is C20H20Cl2FN3. The lowest BCUT2D eigenvalue weighted by Gasteiger charge is -2.10. The number of halogens is 3. The molecule has 136 valence electrons. The number of aromatic nitrogens is 2. The molecule has 0 amide bonds. The van der Waals surface area contributed by atoms with Crippen LogP contribution in [0.15, 0.2) is 42.5 Å². The van der Waals surface area contributed by atoms with Crippen molar-refractivity contribution >= 4 is 23.2 Å². The highest BCUT2D eigenvalue weighted by Crippen LogP contribution is 2.26. The van der Waals surface area contributed by atoms with E-state index in [2.05, 4.69) is 10.4 Å². The van der Waals surface area contributed by atoms with E-state index in [9.17, 15) is 4.39 Å². The summed E-state index contributed by atoms with van der Waals surface area (Å²) < 4.78 is 15.6. The molecule has 0 fully saturated rings. The van der Waals surface area contributed by atoms with Crippen molar-refractivity contribution in [1.82, 2.24) is 15.1 Å². The molecule has 0 unspecified atom stereocenters. The van der Waals surface area contributed by atoms with E-state index in [1.165, 1.54) is 6.07 Å². The summed E-state index contributed by atoms with van der Waals surface area (Å²) in [6.07, 6.45) is 0. The van der Waals surface area contributed by atoms with Crippen LogP contribution < -0.4 is 5.32 Å². The fourth-order valence-corrected chi connectivity index (χ4v) is 3.46. The molecule has 3 aromatic rings. The van der Waals surface area contributed by atoms with Crippen molar-refractivity contribution in [3.8, 4) is 0 Å². The fraction of sp³-hybridized carbons (Fsp3) is 0.250. The Morgan fingerprint density at radius 1 is 0.962 bits per heavy atom. The molecule has 0 aliphatic rings. The van der Waals surface area contributed by atoms with Gasteiger partial charge in [-0.05, 0) is 32.0 Å². The molecule has 0 aliphatic heterocycles. The van der Waals surface area contributed by atoms with Gasteiger partial charge in [0.15, 0.2) is 0 Å². The molecule has 26 heavy (non-hydrogen) atoms. The highest BCUT2D eigenvalue weighted by Gasteiger charge is 2.14. The Morgan fingerprint density at radius 3 is 2.35 bits per heavy atom. The first-order valence-electron chi connectivity index (χ1n) is 8.37. The Morgan fingerprint density at radius 2 is 1.65 bits per heavy atom. The number of aryl methyl sites for hydroxylation is 1. The molecule has 0 aliphatic carbocycles. The molecule has 0 radical (unpaired) electrons. The van der Waals surface area contributed by atoms with Crippen LogP contribution in [0.3, 0.4) is 0 Å². The standard InChI is InChI=1S/C20H20Cl2FN3/c1-13-16(11-24-10-15-6-3-4-9-20(15)23)14(2)26(25-13)12-17-18(21)7-5-8-19(17)22/h3-9,24H,10-12H2,1-2H3. The zero-order chi connectivity index (χ0) is 18.7. The molecule has 1 N–H and O–H groups in total. The molecular weight excluding hydrogens is 372 g/mol. The topological polar surface area (TPSA) is 29.9 Å². The third-order valence-corrected chi connectivity index (χ3v) is 5.18. The van der Waals surface area contributed by atoms with Gasteiger partial charge in [0.05, 0.1) is 12.2 Å². The minimum atomic E-state index is -0.197. The Bertz CT molecular complexity index is 901. The van der Waals surface area contributed by atoms with Crippen LogP contribution in [0, 0.1) is 19.7 Å². The number of hydrogen-bond donors (Lipinski definition) is 1. The van der Waals surface area contributed by atoms with Crippen LogP contribution >= 0.6 is 23.2 Å². The van der Waals surface area contributed by atoms with Crippen molar-refractivity contribution in [2.24, 2.45) is 0 Å². The molecule has 0 saturated heterocycles. The Kier molecular flexibility index (Phi) is 5.97. The van der Waals surface area contributed by atoms with E-state index in [-0.39, 0.29) is 5.82 Å². The number of nitrogens with one attached hydrogen (secondary N) is 1. The van der Waals surface area contributed by atoms with Gasteiger partial charge in [-0.25, -0.2) is 4.39 Å². The van der Waals surface area contributed by atoms with Gasteiger partial charge in [-0.2, -0.15) is 5.10 Å². The molecule has 2 aromatic carbocycles. The van der Waals surface area contributed by atoms with E-state index in [1.807, 2.05) is 42.8 Å². The Labute approximate surface area is 162 Å². The van der Waals surface area contributed by atoms with Gasteiger partial charge in [-0.15, -0.1) is 0 Å². The minimum absolute atomic E-state index is 0.197. The van der Waals surface area contributed by atoms with Gasteiger partial charge in [0.25, 0.3) is 0 Å². The summed E-state index contributed by atoms with van der Waals surface area (Å²) in [7, 11) is 0. The van der Waals surface area contributed by atoms with Crippen LogP contribution in [-0.2, 0) is 19.6 Å². The minimum Gasteiger partial charge on any atom is -0.308 e. The highest BCUT2D eigenvalue weighted by atomic mass is 35.5.